The molecule has 4 heteroatoms. The number of hydrogen-bond acceptors (Lipinski definition) is 2. The molecule has 2 fully saturated rings. The van der Waals surface area contributed by atoms with Gasteiger partial charge in [0.05, 0.1) is 6.54 Å². The Labute approximate surface area is 112 Å². The van der Waals surface area contributed by atoms with Gasteiger partial charge < -0.3 is 10.6 Å². The van der Waals surface area contributed by atoms with Gasteiger partial charge in [-0.25, -0.2) is 4.39 Å². The van der Waals surface area contributed by atoms with Crippen LogP contribution in [0.15, 0.2) is 24.3 Å². The minimum absolute atomic E-state index is 0.0353. The molecule has 2 N–H and O–H groups in total. The molecule has 1 aromatic carbocycles. The zero-order chi connectivity index (χ0) is 13.2. The van der Waals surface area contributed by atoms with Crippen molar-refractivity contribution in [1.29, 1.82) is 0 Å². The van der Waals surface area contributed by atoms with E-state index in [0.717, 1.165) is 5.69 Å². The second-order valence-electron chi connectivity index (χ2n) is 5.63. The first-order valence-corrected chi connectivity index (χ1v) is 7.01. The maximum absolute atomic E-state index is 12.7. The summed E-state index contributed by atoms with van der Waals surface area (Å²) in [6, 6.07) is 6.45. The van der Waals surface area contributed by atoms with Crippen LogP contribution >= 0.6 is 0 Å². The van der Waals surface area contributed by atoms with E-state index >= 15 is 0 Å². The minimum atomic E-state index is -0.266. The first kappa shape index (κ1) is 12.5. The summed E-state index contributed by atoms with van der Waals surface area (Å²) in [7, 11) is 0. The van der Waals surface area contributed by atoms with Crippen LogP contribution in [-0.2, 0) is 4.79 Å². The average molecular weight is 262 g/mol. The first-order chi connectivity index (χ1) is 9.22. The molecule has 0 aliphatic heterocycles. The number of carbonyl (C=O) groups is 1. The van der Waals surface area contributed by atoms with E-state index in [0.29, 0.717) is 17.9 Å². The fourth-order valence-corrected chi connectivity index (χ4v) is 2.52. The largest absolute Gasteiger partial charge is 0.376 e. The average Bonchev–Trinajstić information content (AvgIpc) is 3.29. The standard InChI is InChI=1S/C15H19FN2O/c16-12-5-7-13(8-6-12)17-9-14(19)18-15(10-1-2-10)11-3-4-11/h5-8,10-11,15,17H,1-4,9H2,(H,18,19). The Kier molecular flexibility index (Phi) is 3.40. The summed E-state index contributed by atoms with van der Waals surface area (Å²) in [5.41, 5.74) is 0.769. The normalized spacial score (nSPS) is 18.4. The van der Waals surface area contributed by atoms with Crippen molar-refractivity contribution in [3.8, 4) is 0 Å². The van der Waals surface area contributed by atoms with E-state index in [2.05, 4.69) is 10.6 Å². The van der Waals surface area contributed by atoms with E-state index in [-0.39, 0.29) is 18.3 Å². The SMILES string of the molecule is O=C(CNc1ccc(F)cc1)NC(C1CC1)C1CC1. The van der Waals surface area contributed by atoms with Gasteiger partial charge in [-0.3, -0.25) is 4.79 Å². The molecule has 0 spiro atoms. The van der Waals surface area contributed by atoms with Crippen molar-refractivity contribution in [3.05, 3.63) is 30.1 Å². The topological polar surface area (TPSA) is 41.1 Å². The van der Waals surface area contributed by atoms with Crippen LogP contribution in [0.4, 0.5) is 10.1 Å². The van der Waals surface area contributed by atoms with Crippen LogP contribution in [0.1, 0.15) is 25.7 Å². The van der Waals surface area contributed by atoms with Crippen molar-refractivity contribution in [2.75, 3.05) is 11.9 Å². The predicted octanol–water partition coefficient (Wildman–Crippen LogP) is 2.54. The van der Waals surface area contributed by atoms with Gasteiger partial charge >= 0.3 is 0 Å². The predicted molar refractivity (Wildman–Crippen MR) is 72.3 cm³/mol. The Morgan fingerprint density at radius 1 is 1.16 bits per heavy atom. The van der Waals surface area contributed by atoms with E-state index in [9.17, 15) is 9.18 Å². The van der Waals surface area contributed by atoms with Crippen LogP contribution in [0.5, 0.6) is 0 Å². The van der Waals surface area contributed by atoms with Crippen molar-refractivity contribution < 1.29 is 9.18 Å². The lowest BCUT2D eigenvalue weighted by molar-refractivity contribution is -0.120. The van der Waals surface area contributed by atoms with E-state index in [1.807, 2.05) is 0 Å². The molecular formula is C15H19FN2O. The van der Waals surface area contributed by atoms with E-state index in [1.165, 1.54) is 37.8 Å². The second-order valence-corrected chi connectivity index (χ2v) is 5.63. The highest BCUT2D eigenvalue weighted by atomic mass is 19.1. The third-order valence-corrected chi connectivity index (χ3v) is 3.88. The van der Waals surface area contributed by atoms with Gasteiger partial charge in [-0.05, 0) is 61.8 Å². The Balaban J connectivity index is 1.46. The fourth-order valence-electron chi connectivity index (χ4n) is 2.52. The van der Waals surface area contributed by atoms with Gasteiger partial charge in [0.1, 0.15) is 5.82 Å². The monoisotopic (exact) mass is 262 g/mol. The number of anilines is 1. The molecule has 2 saturated carbocycles. The second kappa shape index (κ2) is 5.19. The molecule has 102 valence electrons. The van der Waals surface area contributed by atoms with Gasteiger partial charge in [0.15, 0.2) is 0 Å². The van der Waals surface area contributed by atoms with E-state index < -0.39 is 0 Å². The number of halogens is 1. The van der Waals surface area contributed by atoms with Gasteiger partial charge in [-0.15, -0.1) is 0 Å². The van der Waals surface area contributed by atoms with Crippen LogP contribution in [0.2, 0.25) is 0 Å². The summed E-state index contributed by atoms with van der Waals surface area (Å²) in [6.45, 7) is 0.252. The lowest BCUT2D eigenvalue weighted by atomic mass is 10.1. The summed E-state index contributed by atoms with van der Waals surface area (Å²) < 4.78 is 12.7. The van der Waals surface area contributed by atoms with Crippen LogP contribution in [0.3, 0.4) is 0 Å². The molecule has 1 aromatic rings. The molecule has 0 atom stereocenters. The van der Waals surface area contributed by atoms with Crippen LogP contribution in [0.25, 0.3) is 0 Å². The highest BCUT2D eigenvalue weighted by molar-refractivity contribution is 5.81. The molecule has 0 radical (unpaired) electrons. The van der Waals surface area contributed by atoms with Crippen molar-refractivity contribution in [3.63, 3.8) is 0 Å². The minimum Gasteiger partial charge on any atom is -0.376 e. The third kappa shape index (κ3) is 3.46. The molecule has 0 saturated heterocycles. The van der Waals surface area contributed by atoms with Gasteiger partial charge in [-0.2, -0.15) is 0 Å². The maximum atomic E-state index is 12.7. The molecule has 0 aromatic heterocycles. The zero-order valence-electron chi connectivity index (χ0n) is 10.9. The van der Waals surface area contributed by atoms with Gasteiger partial charge in [0, 0.05) is 11.7 Å². The highest BCUT2D eigenvalue weighted by Crippen LogP contribution is 2.44. The van der Waals surface area contributed by atoms with Crippen LogP contribution < -0.4 is 10.6 Å². The Morgan fingerprint density at radius 2 is 1.74 bits per heavy atom. The van der Waals surface area contributed by atoms with Crippen LogP contribution in [0, 0.1) is 17.7 Å². The number of hydrogen-bond donors (Lipinski definition) is 2. The quantitative estimate of drug-likeness (QED) is 0.827. The maximum Gasteiger partial charge on any atom is 0.239 e. The molecule has 0 bridgehead atoms. The Morgan fingerprint density at radius 3 is 2.26 bits per heavy atom. The summed E-state index contributed by atoms with van der Waals surface area (Å²) in [4.78, 5) is 11.9. The summed E-state index contributed by atoms with van der Waals surface area (Å²) in [5.74, 6) is 1.19. The van der Waals surface area contributed by atoms with Gasteiger partial charge in [-0.1, -0.05) is 0 Å². The smallest absolute Gasteiger partial charge is 0.239 e. The lowest BCUT2D eigenvalue weighted by Crippen LogP contribution is -2.41. The first-order valence-electron chi connectivity index (χ1n) is 7.01. The Bertz CT molecular complexity index is 440. The summed E-state index contributed by atoms with van der Waals surface area (Å²) in [5, 5.41) is 6.16. The molecule has 2 aliphatic rings. The van der Waals surface area contributed by atoms with E-state index in [1.54, 1.807) is 12.1 Å². The number of rotatable bonds is 6. The Hall–Kier alpha value is -1.58. The van der Waals surface area contributed by atoms with Crippen molar-refractivity contribution >= 4 is 11.6 Å². The lowest BCUT2D eigenvalue weighted by Gasteiger charge is -2.18. The number of amides is 1. The molecule has 0 unspecified atom stereocenters. The summed E-state index contributed by atoms with van der Waals surface area (Å²) >= 11 is 0. The number of benzene rings is 1. The van der Waals surface area contributed by atoms with Crippen molar-refractivity contribution in [2.45, 2.75) is 31.7 Å². The molecule has 3 rings (SSSR count). The van der Waals surface area contributed by atoms with Gasteiger partial charge in [0.2, 0.25) is 5.91 Å². The zero-order valence-corrected chi connectivity index (χ0v) is 10.9. The highest BCUT2D eigenvalue weighted by Gasteiger charge is 2.42. The molecule has 0 heterocycles. The van der Waals surface area contributed by atoms with E-state index in [4.69, 9.17) is 0 Å². The number of carbonyl (C=O) groups excluding carboxylic acids is 1. The molecule has 3 nitrogen and oxygen atoms in total. The van der Waals surface area contributed by atoms with Crippen molar-refractivity contribution in [1.82, 2.24) is 5.32 Å². The molecule has 19 heavy (non-hydrogen) atoms. The molecular weight excluding hydrogens is 243 g/mol. The molecule has 2 aliphatic carbocycles. The fraction of sp³-hybridized carbons (Fsp3) is 0.533. The van der Waals surface area contributed by atoms with Crippen LogP contribution in [-0.4, -0.2) is 18.5 Å². The van der Waals surface area contributed by atoms with Crippen molar-refractivity contribution in [2.24, 2.45) is 11.8 Å². The summed E-state index contributed by atoms with van der Waals surface area (Å²) in [6.07, 6.45) is 5.03. The third-order valence-electron chi connectivity index (χ3n) is 3.88. The van der Waals surface area contributed by atoms with Gasteiger partial charge in [0.25, 0.3) is 0 Å². The number of nitrogens with one attached hydrogen (secondary N) is 2. The molecule has 1 amide bonds.